The number of aromatic amines is 1. The van der Waals surface area contributed by atoms with E-state index in [1.807, 2.05) is 31.2 Å². The number of thioether (sulfide) groups is 1. The molecule has 2 aromatic carbocycles. The molecule has 0 bridgehead atoms. The van der Waals surface area contributed by atoms with Gasteiger partial charge in [0.1, 0.15) is 0 Å². The Morgan fingerprint density at radius 1 is 1.24 bits per heavy atom. The third-order valence-corrected chi connectivity index (χ3v) is 4.51. The highest BCUT2D eigenvalue weighted by atomic mass is 32.2. The number of rotatable bonds is 8. The van der Waals surface area contributed by atoms with E-state index in [0.717, 1.165) is 11.0 Å². The number of amides is 1. The summed E-state index contributed by atoms with van der Waals surface area (Å²) in [5.74, 6) is 0.253. The molecule has 2 N–H and O–H groups in total. The number of aromatic nitrogens is 2. The highest BCUT2D eigenvalue weighted by Gasteiger charge is 2.09. The first-order valence-corrected chi connectivity index (χ1v) is 9.88. The molecule has 3 rings (SSSR count). The van der Waals surface area contributed by atoms with Gasteiger partial charge < -0.3 is 14.5 Å². The number of carbonyl (C=O) groups is 2. The maximum Gasteiger partial charge on any atom is 0.308 e. The van der Waals surface area contributed by atoms with Crippen LogP contribution in [-0.4, -0.2) is 40.4 Å². The standard InChI is InChI=1S/C20H20N4O4S/c1-3-27-18-10-14(8-9-17(18)28-13(2)25)11-21-24-19(26)12-29-20-22-15-6-4-5-7-16(15)23-20/h4-11H,3,12H2,1-2H3,(H,22,23)(H,24,26)/b21-11-. The van der Waals surface area contributed by atoms with E-state index < -0.39 is 5.97 Å². The minimum atomic E-state index is -0.429. The first-order valence-electron chi connectivity index (χ1n) is 8.90. The molecule has 0 aliphatic heterocycles. The van der Waals surface area contributed by atoms with Crippen molar-refractivity contribution in [1.29, 1.82) is 0 Å². The molecule has 0 saturated heterocycles. The average molecular weight is 412 g/mol. The Balaban J connectivity index is 1.54. The normalized spacial score (nSPS) is 11.0. The third-order valence-electron chi connectivity index (χ3n) is 3.63. The van der Waals surface area contributed by atoms with E-state index in [1.165, 1.54) is 24.9 Å². The van der Waals surface area contributed by atoms with E-state index in [4.69, 9.17) is 9.47 Å². The molecule has 0 aliphatic carbocycles. The molecule has 150 valence electrons. The van der Waals surface area contributed by atoms with E-state index in [9.17, 15) is 9.59 Å². The maximum atomic E-state index is 12.0. The molecule has 0 unspecified atom stereocenters. The van der Waals surface area contributed by atoms with Gasteiger partial charge in [0, 0.05) is 6.92 Å². The molecular formula is C20H20N4O4S. The zero-order valence-electron chi connectivity index (χ0n) is 16.0. The lowest BCUT2D eigenvalue weighted by Gasteiger charge is -2.10. The Labute approximate surface area is 171 Å². The van der Waals surface area contributed by atoms with Crippen LogP contribution in [0.1, 0.15) is 19.4 Å². The van der Waals surface area contributed by atoms with Gasteiger partial charge in [-0.1, -0.05) is 23.9 Å². The van der Waals surface area contributed by atoms with Gasteiger partial charge in [0.05, 0.1) is 29.6 Å². The third kappa shape index (κ3) is 5.82. The van der Waals surface area contributed by atoms with Gasteiger partial charge >= 0.3 is 5.97 Å². The molecule has 0 saturated carbocycles. The molecule has 9 heteroatoms. The summed E-state index contributed by atoms with van der Waals surface area (Å²) in [6.07, 6.45) is 1.49. The number of ether oxygens (including phenoxy) is 2. The van der Waals surface area contributed by atoms with Crippen LogP contribution in [0.25, 0.3) is 11.0 Å². The summed E-state index contributed by atoms with van der Waals surface area (Å²) in [6, 6.07) is 12.7. The Bertz CT molecular complexity index is 1010. The fraction of sp³-hybridized carbons (Fsp3) is 0.200. The number of nitrogens with one attached hydrogen (secondary N) is 2. The van der Waals surface area contributed by atoms with Gasteiger partial charge in [-0.25, -0.2) is 10.4 Å². The van der Waals surface area contributed by atoms with Gasteiger partial charge in [-0.15, -0.1) is 0 Å². The summed E-state index contributed by atoms with van der Waals surface area (Å²) < 4.78 is 10.6. The van der Waals surface area contributed by atoms with E-state index in [1.54, 1.807) is 18.2 Å². The van der Waals surface area contributed by atoms with Crippen LogP contribution in [-0.2, 0) is 9.59 Å². The van der Waals surface area contributed by atoms with Gasteiger partial charge in [0.15, 0.2) is 16.7 Å². The minimum Gasteiger partial charge on any atom is -0.490 e. The second-order valence-corrected chi connectivity index (χ2v) is 6.84. The van der Waals surface area contributed by atoms with Crippen molar-refractivity contribution in [3.63, 3.8) is 0 Å². The summed E-state index contributed by atoms with van der Waals surface area (Å²) in [7, 11) is 0. The zero-order valence-corrected chi connectivity index (χ0v) is 16.8. The van der Waals surface area contributed by atoms with Crippen molar-refractivity contribution >= 4 is 40.9 Å². The van der Waals surface area contributed by atoms with E-state index >= 15 is 0 Å². The van der Waals surface area contributed by atoms with Crippen molar-refractivity contribution in [1.82, 2.24) is 15.4 Å². The van der Waals surface area contributed by atoms with Crippen LogP contribution in [0.2, 0.25) is 0 Å². The van der Waals surface area contributed by atoms with Gasteiger partial charge in [0.25, 0.3) is 5.91 Å². The number of benzene rings is 2. The highest BCUT2D eigenvalue weighted by Crippen LogP contribution is 2.28. The topological polar surface area (TPSA) is 106 Å². The fourth-order valence-corrected chi connectivity index (χ4v) is 3.13. The Hall–Kier alpha value is -3.33. The largest absolute Gasteiger partial charge is 0.490 e. The molecule has 29 heavy (non-hydrogen) atoms. The number of para-hydroxylation sites is 2. The summed E-state index contributed by atoms with van der Waals surface area (Å²) in [4.78, 5) is 30.7. The van der Waals surface area contributed by atoms with Crippen LogP contribution in [0.5, 0.6) is 11.5 Å². The van der Waals surface area contributed by atoms with Crippen LogP contribution in [0.15, 0.2) is 52.7 Å². The summed E-state index contributed by atoms with van der Waals surface area (Å²) in [6.45, 7) is 3.58. The molecule has 0 fully saturated rings. The van der Waals surface area contributed by atoms with Crippen LogP contribution in [0, 0.1) is 0 Å². The van der Waals surface area contributed by atoms with Gasteiger partial charge in [-0.05, 0) is 42.8 Å². The van der Waals surface area contributed by atoms with Gasteiger partial charge in [-0.3, -0.25) is 9.59 Å². The quantitative estimate of drug-likeness (QED) is 0.194. The SMILES string of the molecule is CCOc1cc(/C=N\NC(=O)CSc2nc3ccccc3[nH]2)ccc1OC(C)=O. The Kier molecular flexibility index (Phi) is 6.85. The first kappa shape index (κ1) is 20.4. The van der Waals surface area contributed by atoms with Crippen molar-refractivity contribution in [2.75, 3.05) is 12.4 Å². The van der Waals surface area contributed by atoms with Crippen LogP contribution >= 0.6 is 11.8 Å². The summed E-state index contributed by atoms with van der Waals surface area (Å²) >= 11 is 1.30. The fourth-order valence-electron chi connectivity index (χ4n) is 2.46. The Morgan fingerprint density at radius 2 is 2.07 bits per heavy atom. The van der Waals surface area contributed by atoms with Crippen LogP contribution < -0.4 is 14.9 Å². The number of hydrazone groups is 1. The number of imidazole rings is 1. The first-order chi connectivity index (χ1) is 14.0. The molecule has 0 aliphatic rings. The highest BCUT2D eigenvalue weighted by molar-refractivity contribution is 7.99. The number of H-pyrrole nitrogens is 1. The number of carbonyl (C=O) groups excluding carboxylic acids is 2. The number of nitrogens with zero attached hydrogens (tertiary/aromatic N) is 2. The van der Waals surface area contributed by atoms with Crippen LogP contribution in [0.4, 0.5) is 0 Å². The number of hydrogen-bond acceptors (Lipinski definition) is 7. The minimum absolute atomic E-state index is 0.173. The van der Waals surface area contributed by atoms with Crippen molar-refractivity contribution in [3.05, 3.63) is 48.0 Å². The lowest BCUT2D eigenvalue weighted by molar-refractivity contribution is -0.132. The molecule has 8 nitrogen and oxygen atoms in total. The predicted molar refractivity (Wildman–Crippen MR) is 111 cm³/mol. The number of esters is 1. The zero-order chi connectivity index (χ0) is 20.6. The Morgan fingerprint density at radius 3 is 2.83 bits per heavy atom. The molecule has 0 radical (unpaired) electrons. The molecule has 1 aromatic heterocycles. The average Bonchev–Trinajstić information content (AvgIpc) is 3.11. The summed E-state index contributed by atoms with van der Waals surface area (Å²) in [5, 5.41) is 4.63. The molecule has 0 spiro atoms. The van der Waals surface area contributed by atoms with Gasteiger partial charge in [0.2, 0.25) is 0 Å². The van der Waals surface area contributed by atoms with E-state index in [2.05, 4.69) is 20.5 Å². The monoisotopic (exact) mass is 412 g/mol. The lowest BCUT2D eigenvalue weighted by Crippen LogP contribution is -2.19. The van der Waals surface area contributed by atoms with Crippen molar-refractivity contribution in [3.8, 4) is 11.5 Å². The van der Waals surface area contributed by atoms with Crippen LogP contribution in [0.3, 0.4) is 0 Å². The second kappa shape index (κ2) is 9.74. The summed E-state index contributed by atoms with van der Waals surface area (Å²) in [5.41, 5.74) is 4.95. The lowest BCUT2D eigenvalue weighted by atomic mass is 10.2. The molecular weight excluding hydrogens is 392 g/mol. The predicted octanol–water partition coefficient (Wildman–Crippen LogP) is 3.13. The van der Waals surface area contributed by atoms with Gasteiger partial charge in [-0.2, -0.15) is 5.10 Å². The molecule has 1 heterocycles. The van der Waals surface area contributed by atoms with E-state index in [0.29, 0.717) is 28.8 Å². The van der Waals surface area contributed by atoms with E-state index in [-0.39, 0.29) is 11.7 Å². The molecule has 1 amide bonds. The molecule has 0 atom stereocenters. The van der Waals surface area contributed by atoms with Crippen molar-refractivity contribution < 1.29 is 19.1 Å². The molecule has 3 aromatic rings. The number of fused-ring (bicyclic) bond motifs is 1. The smallest absolute Gasteiger partial charge is 0.308 e. The van der Waals surface area contributed by atoms with Crippen molar-refractivity contribution in [2.24, 2.45) is 5.10 Å². The number of hydrogen-bond donors (Lipinski definition) is 2. The maximum absolute atomic E-state index is 12.0. The van der Waals surface area contributed by atoms with Crippen molar-refractivity contribution in [2.45, 2.75) is 19.0 Å². The second-order valence-electron chi connectivity index (χ2n) is 5.87.